The lowest BCUT2D eigenvalue weighted by Crippen LogP contribution is -2.22. The molecular formula is C20H28N2O2S. The van der Waals surface area contributed by atoms with Crippen LogP contribution in [0.25, 0.3) is 0 Å². The Morgan fingerprint density at radius 3 is 2.88 bits per heavy atom. The third-order valence-electron chi connectivity index (χ3n) is 3.82. The van der Waals surface area contributed by atoms with Crippen LogP contribution in [0.3, 0.4) is 0 Å². The normalized spacial score (nSPS) is 12.2. The van der Waals surface area contributed by atoms with Crippen LogP contribution in [0, 0.1) is 5.92 Å². The van der Waals surface area contributed by atoms with E-state index < -0.39 is 0 Å². The number of aryl methyl sites for hydroxylation is 1. The van der Waals surface area contributed by atoms with Crippen LogP contribution in [0.15, 0.2) is 35.8 Å². The molecule has 0 spiro atoms. The fourth-order valence-electron chi connectivity index (χ4n) is 2.71. The van der Waals surface area contributed by atoms with E-state index in [0.29, 0.717) is 24.8 Å². The van der Waals surface area contributed by atoms with E-state index in [1.54, 1.807) is 17.5 Å². The van der Waals surface area contributed by atoms with E-state index in [1.165, 1.54) is 4.88 Å². The highest BCUT2D eigenvalue weighted by Gasteiger charge is 2.08. The van der Waals surface area contributed by atoms with E-state index in [4.69, 9.17) is 4.74 Å². The minimum Gasteiger partial charge on any atom is -0.475 e. The molecular weight excluding hydrogens is 332 g/mol. The number of hydrogen-bond acceptors (Lipinski definition) is 4. The van der Waals surface area contributed by atoms with Gasteiger partial charge in [0, 0.05) is 30.1 Å². The van der Waals surface area contributed by atoms with Gasteiger partial charge in [0.2, 0.25) is 11.8 Å². The van der Waals surface area contributed by atoms with Crippen molar-refractivity contribution in [1.82, 2.24) is 10.3 Å². The van der Waals surface area contributed by atoms with Gasteiger partial charge in [0.05, 0.1) is 6.10 Å². The first-order chi connectivity index (χ1) is 12.0. The Kier molecular flexibility index (Phi) is 7.92. The Balaban J connectivity index is 1.72. The number of carbonyl (C=O) groups is 1. The van der Waals surface area contributed by atoms with E-state index in [1.807, 2.05) is 18.2 Å². The molecule has 5 heteroatoms. The number of nitrogens with one attached hydrogen (secondary N) is 1. The van der Waals surface area contributed by atoms with Crippen molar-refractivity contribution in [1.29, 1.82) is 0 Å². The average Bonchev–Trinajstić information content (AvgIpc) is 3.06. The van der Waals surface area contributed by atoms with Crippen molar-refractivity contribution >= 4 is 17.2 Å². The fourth-order valence-corrected chi connectivity index (χ4v) is 3.46. The van der Waals surface area contributed by atoms with Crippen molar-refractivity contribution in [2.75, 3.05) is 0 Å². The van der Waals surface area contributed by atoms with E-state index in [0.717, 1.165) is 24.8 Å². The highest BCUT2D eigenvalue weighted by Crippen LogP contribution is 2.15. The first-order valence-electron chi connectivity index (χ1n) is 8.93. The zero-order valence-corrected chi connectivity index (χ0v) is 16.1. The van der Waals surface area contributed by atoms with Gasteiger partial charge in [0.25, 0.3) is 0 Å². The molecule has 0 fully saturated rings. The molecule has 25 heavy (non-hydrogen) atoms. The first-order valence-corrected chi connectivity index (χ1v) is 9.81. The summed E-state index contributed by atoms with van der Waals surface area (Å²) in [6.07, 6.45) is 5.26. The smallest absolute Gasteiger partial charge is 0.220 e. The number of hydrogen-bond donors (Lipinski definition) is 1. The Morgan fingerprint density at radius 2 is 2.16 bits per heavy atom. The van der Waals surface area contributed by atoms with Crippen LogP contribution < -0.4 is 10.1 Å². The largest absolute Gasteiger partial charge is 0.475 e. The van der Waals surface area contributed by atoms with Crippen LogP contribution in [0.2, 0.25) is 0 Å². The molecule has 2 aromatic heterocycles. The minimum absolute atomic E-state index is 0.0870. The summed E-state index contributed by atoms with van der Waals surface area (Å²) in [5.74, 6) is 1.30. The van der Waals surface area contributed by atoms with Crippen molar-refractivity contribution in [3.63, 3.8) is 0 Å². The summed E-state index contributed by atoms with van der Waals surface area (Å²) >= 11 is 1.74. The molecule has 2 rings (SSSR count). The van der Waals surface area contributed by atoms with E-state index in [-0.39, 0.29) is 12.0 Å². The van der Waals surface area contributed by atoms with Crippen LogP contribution in [-0.2, 0) is 17.8 Å². The predicted octanol–water partition coefficient (Wildman–Crippen LogP) is 4.60. The number of nitrogens with zero attached hydrogens (tertiary/aromatic N) is 1. The van der Waals surface area contributed by atoms with Gasteiger partial charge in [-0.1, -0.05) is 19.9 Å². The maximum Gasteiger partial charge on any atom is 0.220 e. The summed E-state index contributed by atoms with van der Waals surface area (Å²) < 4.78 is 5.86. The number of pyridine rings is 1. The Bertz CT molecular complexity index is 641. The van der Waals surface area contributed by atoms with Gasteiger partial charge in [0.1, 0.15) is 0 Å². The number of amides is 1. The van der Waals surface area contributed by atoms with Crippen molar-refractivity contribution in [3.05, 3.63) is 46.3 Å². The topological polar surface area (TPSA) is 51.2 Å². The second-order valence-electron chi connectivity index (χ2n) is 6.77. The lowest BCUT2D eigenvalue weighted by molar-refractivity contribution is -0.121. The fraction of sp³-hybridized carbons (Fsp3) is 0.500. The van der Waals surface area contributed by atoms with Crippen LogP contribution >= 0.6 is 11.3 Å². The summed E-state index contributed by atoms with van der Waals surface area (Å²) in [4.78, 5) is 17.6. The average molecular weight is 361 g/mol. The van der Waals surface area contributed by atoms with Crippen LogP contribution in [0.5, 0.6) is 5.88 Å². The zero-order chi connectivity index (χ0) is 18.1. The molecule has 0 aliphatic carbocycles. The van der Waals surface area contributed by atoms with Gasteiger partial charge in [-0.25, -0.2) is 4.98 Å². The zero-order valence-electron chi connectivity index (χ0n) is 15.3. The maximum absolute atomic E-state index is 12.0. The van der Waals surface area contributed by atoms with Gasteiger partial charge in [-0.3, -0.25) is 4.79 Å². The number of rotatable bonds is 10. The quantitative estimate of drug-likeness (QED) is 0.674. The van der Waals surface area contributed by atoms with Gasteiger partial charge in [0.15, 0.2) is 0 Å². The second-order valence-corrected chi connectivity index (χ2v) is 7.80. The van der Waals surface area contributed by atoms with Gasteiger partial charge < -0.3 is 10.1 Å². The summed E-state index contributed by atoms with van der Waals surface area (Å²) in [5.41, 5.74) is 1.01. The first kappa shape index (κ1) is 19.4. The van der Waals surface area contributed by atoms with Crippen LogP contribution in [0.4, 0.5) is 0 Å². The maximum atomic E-state index is 12.0. The van der Waals surface area contributed by atoms with Crippen molar-refractivity contribution < 1.29 is 9.53 Å². The molecule has 2 heterocycles. The molecule has 4 nitrogen and oxygen atoms in total. The van der Waals surface area contributed by atoms with Gasteiger partial charge in [-0.15, -0.1) is 11.3 Å². The third-order valence-corrected chi connectivity index (χ3v) is 4.76. The molecule has 0 saturated heterocycles. The van der Waals surface area contributed by atoms with E-state index in [2.05, 4.69) is 42.5 Å². The lowest BCUT2D eigenvalue weighted by Gasteiger charge is -2.16. The van der Waals surface area contributed by atoms with Gasteiger partial charge in [-0.2, -0.15) is 0 Å². The Morgan fingerprint density at radius 1 is 1.32 bits per heavy atom. The molecule has 0 aliphatic heterocycles. The highest BCUT2D eigenvalue weighted by molar-refractivity contribution is 7.09. The SMILES string of the molecule is CC(C)CC(C)Oc1cc(CNC(=O)CCCc2cccs2)ccn1. The Labute approximate surface area is 154 Å². The van der Waals surface area contributed by atoms with Gasteiger partial charge >= 0.3 is 0 Å². The van der Waals surface area contributed by atoms with Crippen molar-refractivity contribution in [2.45, 2.75) is 59.1 Å². The molecule has 1 N–H and O–H groups in total. The summed E-state index contributed by atoms with van der Waals surface area (Å²) in [6.45, 7) is 6.92. The Hall–Kier alpha value is -1.88. The standard InChI is InChI=1S/C20H28N2O2S/c1-15(2)12-16(3)24-20-13-17(9-10-21-20)14-22-19(23)8-4-6-18-7-5-11-25-18/h5,7,9-11,13,15-16H,4,6,8,12,14H2,1-3H3,(H,22,23). The van der Waals surface area contributed by atoms with Crippen molar-refractivity contribution in [3.8, 4) is 5.88 Å². The summed E-state index contributed by atoms with van der Waals surface area (Å²) in [5, 5.41) is 5.04. The molecule has 1 atom stereocenters. The van der Waals surface area contributed by atoms with Gasteiger partial charge in [-0.05, 0) is 55.2 Å². The summed E-state index contributed by atoms with van der Waals surface area (Å²) in [6, 6.07) is 7.97. The summed E-state index contributed by atoms with van der Waals surface area (Å²) in [7, 11) is 0. The lowest BCUT2D eigenvalue weighted by atomic mass is 10.1. The van der Waals surface area contributed by atoms with E-state index >= 15 is 0 Å². The number of ether oxygens (including phenoxy) is 1. The number of aromatic nitrogens is 1. The molecule has 1 amide bonds. The second kappa shape index (κ2) is 10.2. The van der Waals surface area contributed by atoms with Crippen LogP contribution in [0.1, 0.15) is 50.5 Å². The molecule has 0 aliphatic rings. The molecule has 0 aromatic carbocycles. The van der Waals surface area contributed by atoms with Crippen LogP contribution in [-0.4, -0.2) is 17.0 Å². The van der Waals surface area contributed by atoms with E-state index in [9.17, 15) is 4.79 Å². The number of thiophene rings is 1. The predicted molar refractivity (Wildman–Crippen MR) is 103 cm³/mol. The minimum atomic E-state index is 0.0870. The molecule has 136 valence electrons. The molecule has 2 aromatic rings. The monoisotopic (exact) mass is 360 g/mol. The number of carbonyl (C=O) groups excluding carboxylic acids is 1. The molecule has 0 radical (unpaired) electrons. The molecule has 1 unspecified atom stereocenters. The molecule has 0 saturated carbocycles. The molecule has 0 bridgehead atoms. The van der Waals surface area contributed by atoms with Crippen molar-refractivity contribution in [2.24, 2.45) is 5.92 Å². The highest BCUT2D eigenvalue weighted by atomic mass is 32.1. The third kappa shape index (κ3) is 7.69.